The lowest BCUT2D eigenvalue weighted by molar-refractivity contribution is 0.663. The van der Waals surface area contributed by atoms with Crippen molar-refractivity contribution in [1.82, 2.24) is 4.98 Å². The van der Waals surface area contributed by atoms with Crippen LogP contribution in [0.25, 0.3) is 22.0 Å². The maximum absolute atomic E-state index is 3.65. The van der Waals surface area contributed by atoms with Gasteiger partial charge in [0.15, 0.2) is 0 Å². The van der Waals surface area contributed by atoms with Crippen LogP contribution < -0.4 is 0 Å². The minimum absolute atomic E-state index is 1.14. The van der Waals surface area contributed by atoms with Gasteiger partial charge in [0.1, 0.15) is 0 Å². The van der Waals surface area contributed by atoms with E-state index in [1.807, 2.05) is 0 Å². The summed E-state index contributed by atoms with van der Waals surface area (Å²) in [6, 6.07) is 17.6. The summed E-state index contributed by atoms with van der Waals surface area (Å²) in [7, 11) is 0. The Labute approximate surface area is 133 Å². The van der Waals surface area contributed by atoms with Crippen LogP contribution in [-0.2, 0) is 6.42 Å². The van der Waals surface area contributed by atoms with Gasteiger partial charge < -0.3 is 4.98 Å². The van der Waals surface area contributed by atoms with Gasteiger partial charge in [-0.2, -0.15) is 0 Å². The van der Waals surface area contributed by atoms with Crippen molar-refractivity contribution in [3.63, 3.8) is 0 Å². The van der Waals surface area contributed by atoms with E-state index in [0.717, 1.165) is 6.42 Å². The molecule has 1 heterocycles. The molecular weight excluding hydrogens is 266 g/mol. The van der Waals surface area contributed by atoms with Crippen LogP contribution in [0.3, 0.4) is 0 Å². The SMILES string of the molecule is CCCCCCc1[nH]c2ccccc2c1-c1ccc(C)cc1. The maximum atomic E-state index is 3.65. The lowest BCUT2D eigenvalue weighted by Gasteiger charge is -2.06. The summed E-state index contributed by atoms with van der Waals surface area (Å²) >= 11 is 0. The lowest BCUT2D eigenvalue weighted by Crippen LogP contribution is -1.90. The average Bonchev–Trinajstić information content (AvgIpc) is 2.91. The van der Waals surface area contributed by atoms with Crippen LogP contribution in [0.15, 0.2) is 48.5 Å². The summed E-state index contributed by atoms with van der Waals surface area (Å²) in [5.41, 5.74) is 6.68. The van der Waals surface area contributed by atoms with E-state index in [9.17, 15) is 0 Å². The van der Waals surface area contributed by atoms with Gasteiger partial charge in [0.05, 0.1) is 0 Å². The molecule has 0 aliphatic heterocycles. The van der Waals surface area contributed by atoms with Gasteiger partial charge in [-0.05, 0) is 31.4 Å². The fourth-order valence-electron chi connectivity index (χ4n) is 3.16. The average molecular weight is 291 g/mol. The van der Waals surface area contributed by atoms with E-state index in [-0.39, 0.29) is 0 Å². The normalized spacial score (nSPS) is 11.2. The predicted molar refractivity (Wildman–Crippen MR) is 96.3 cm³/mol. The zero-order valence-electron chi connectivity index (χ0n) is 13.7. The number of aryl methyl sites for hydroxylation is 2. The third-order valence-electron chi connectivity index (χ3n) is 4.40. The highest BCUT2D eigenvalue weighted by Crippen LogP contribution is 2.33. The molecule has 0 radical (unpaired) electrons. The van der Waals surface area contributed by atoms with E-state index in [1.54, 1.807) is 0 Å². The molecule has 0 bridgehead atoms. The second-order valence-electron chi connectivity index (χ2n) is 6.20. The fraction of sp³-hybridized carbons (Fsp3) is 0.333. The minimum atomic E-state index is 1.14. The van der Waals surface area contributed by atoms with Crippen molar-refractivity contribution in [2.45, 2.75) is 46.0 Å². The van der Waals surface area contributed by atoms with Crippen LogP contribution >= 0.6 is 0 Å². The van der Waals surface area contributed by atoms with Gasteiger partial charge in [-0.1, -0.05) is 74.2 Å². The third kappa shape index (κ3) is 3.09. The van der Waals surface area contributed by atoms with Gasteiger partial charge in [0, 0.05) is 22.2 Å². The van der Waals surface area contributed by atoms with Crippen molar-refractivity contribution in [1.29, 1.82) is 0 Å². The van der Waals surface area contributed by atoms with Crippen molar-refractivity contribution >= 4 is 10.9 Å². The molecule has 0 spiro atoms. The second kappa shape index (κ2) is 6.83. The molecule has 1 nitrogen and oxygen atoms in total. The van der Waals surface area contributed by atoms with Crippen molar-refractivity contribution in [3.8, 4) is 11.1 Å². The van der Waals surface area contributed by atoms with Gasteiger partial charge >= 0.3 is 0 Å². The molecule has 2 aromatic carbocycles. The first-order valence-corrected chi connectivity index (χ1v) is 8.46. The lowest BCUT2D eigenvalue weighted by atomic mass is 9.98. The molecule has 3 aromatic rings. The number of aromatic nitrogens is 1. The van der Waals surface area contributed by atoms with E-state index in [1.165, 1.54) is 59.0 Å². The standard InChI is InChI=1S/C21H25N/c1-3-4-5-6-11-20-21(17-14-12-16(2)13-15-17)18-9-7-8-10-19(18)22-20/h7-10,12-15,22H,3-6,11H2,1-2H3. The van der Waals surface area contributed by atoms with Gasteiger partial charge in [-0.3, -0.25) is 0 Å². The zero-order chi connectivity index (χ0) is 15.4. The van der Waals surface area contributed by atoms with Crippen LogP contribution in [0.5, 0.6) is 0 Å². The van der Waals surface area contributed by atoms with Gasteiger partial charge in [0.2, 0.25) is 0 Å². The molecule has 0 aliphatic carbocycles. The number of H-pyrrole nitrogens is 1. The molecule has 0 atom stereocenters. The van der Waals surface area contributed by atoms with Crippen LogP contribution in [-0.4, -0.2) is 4.98 Å². The molecular formula is C21H25N. The topological polar surface area (TPSA) is 15.8 Å². The molecule has 0 aliphatic rings. The van der Waals surface area contributed by atoms with Crippen molar-refractivity contribution < 1.29 is 0 Å². The monoisotopic (exact) mass is 291 g/mol. The van der Waals surface area contributed by atoms with Crippen molar-refractivity contribution in [2.24, 2.45) is 0 Å². The van der Waals surface area contributed by atoms with Gasteiger partial charge in [-0.25, -0.2) is 0 Å². The first-order valence-electron chi connectivity index (χ1n) is 8.46. The van der Waals surface area contributed by atoms with E-state index in [4.69, 9.17) is 0 Å². The molecule has 22 heavy (non-hydrogen) atoms. The minimum Gasteiger partial charge on any atom is -0.358 e. The Kier molecular flexibility index (Phi) is 4.62. The number of fused-ring (bicyclic) bond motifs is 1. The van der Waals surface area contributed by atoms with Gasteiger partial charge in [-0.15, -0.1) is 0 Å². The molecule has 1 heteroatoms. The number of hydrogen-bond donors (Lipinski definition) is 1. The van der Waals surface area contributed by atoms with E-state index < -0.39 is 0 Å². The maximum Gasteiger partial charge on any atom is 0.0462 e. The van der Waals surface area contributed by atoms with Crippen LogP contribution in [0, 0.1) is 6.92 Å². The highest BCUT2D eigenvalue weighted by atomic mass is 14.7. The summed E-state index contributed by atoms with van der Waals surface area (Å²) in [5, 5.41) is 1.34. The number of nitrogens with one attached hydrogen (secondary N) is 1. The number of benzene rings is 2. The Morgan fingerprint density at radius 2 is 1.64 bits per heavy atom. The summed E-state index contributed by atoms with van der Waals surface area (Å²) in [6.07, 6.45) is 6.34. The molecule has 1 N–H and O–H groups in total. The van der Waals surface area contributed by atoms with E-state index in [0.29, 0.717) is 0 Å². The Morgan fingerprint density at radius 1 is 0.864 bits per heavy atom. The molecule has 0 saturated heterocycles. The van der Waals surface area contributed by atoms with Gasteiger partial charge in [0.25, 0.3) is 0 Å². The van der Waals surface area contributed by atoms with E-state index in [2.05, 4.69) is 67.4 Å². The number of para-hydroxylation sites is 1. The largest absolute Gasteiger partial charge is 0.358 e. The van der Waals surface area contributed by atoms with Crippen LogP contribution in [0.2, 0.25) is 0 Å². The first-order chi connectivity index (χ1) is 10.8. The molecule has 1 aromatic heterocycles. The summed E-state index contributed by atoms with van der Waals surface area (Å²) in [6.45, 7) is 4.41. The summed E-state index contributed by atoms with van der Waals surface area (Å²) in [5.74, 6) is 0. The summed E-state index contributed by atoms with van der Waals surface area (Å²) < 4.78 is 0. The molecule has 0 amide bonds. The number of aromatic amines is 1. The molecule has 3 rings (SSSR count). The molecule has 0 fully saturated rings. The Hall–Kier alpha value is -2.02. The smallest absolute Gasteiger partial charge is 0.0462 e. The molecule has 0 saturated carbocycles. The van der Waals surface area contributed by atoms with Crippen molar-refractivity contribution in [3.05, 3.63) is 59.8 Å². The first kappa shape index (κ1) is 14.9. The fourth-order valence-corrected chi connectivity index (χ4v) is 3.16. The molecule has 0 unspecified atom stereocenters. The Balaban J connectivity index is 1.99. The number of hydrogen-bond acceptors (Lipinski definition) is 0. The van der Waals surface area contributed by atoms with Crippen LogP contribution in [0.4, 0.5) is 0 Å². The highest BCUT2D eigenvalue weighted by Gasteiger charge is 2.12. The predicted octanol–water partition coefficient (Wildman–Crippen LogP) is 6.27. The Morgan fingerprint density at radius 3 is 2.41 bits per heavy atom. The third-order valence-corrected chi connectivity index (χ3v) is 4.40. The van der Waals surface area contributed by atoms with Crippen molar-refractivity contribution in [2.75, 3.05) is 0 Å². The Bertz CT molecular complexity index is 734. The second-order valence-corrected chi connectivity index (χ2v) is 6.20. The summed E-state index contributed by atoms with van der Waals surface area (Å²) in [4.78, 5) is 3.65. The highest BCUT2D eigenvalue weighted by molar-refractivity contribution is 5.97. The number of rotatable bonds is 6. The van der Waals surface area contributed by atoms with E-state index >= 15 is 0 Å². The van der Waals surface area contributed by atoms with Crippen LogP contribution in [0.1, 0.15) is 43.9 Å². The zero-order valence-corrected chi connectivity index (χ0v) is 13.7. The number of unbranched alkanes of at least 4 members (excludes halogenated alkanes) is 3. The quantitative estimate of drug-likeness (QED) is 0.515. The molecule has 114 valence electrons.